The number of likely N-dealkylation sites (tertiary alicyclic amines) is 1. The molecule has 1 fully saturated rings. The lowest BCUT2D eigenvalue weighted by molar-refractivity contribution is -0.134. The van der Waals surface area contributed by atoms with Gasteiger partial charge in [-0.2, -0.15) is 5.10 Å². The van der Waals surface area contributed by atoms with E-state index in [4.69, 9.17) is 9.84 Å². The second-order valence-electron chi connectivity index (χ2n) is 8.45. The Bertz CT molecular complexity index is 1230. The number of ether oxygens (including phenoxy) is 1. The third kappa shape index (κ3) is 4.86. The second-order valence-corrected chi connectivity index (χ2v) is 8.45. The highest BCUT2D eigenvalue weighted by Crippen LogP contribution is 2.32. The zero-order chi connectivity index (χ0) is 23.3. The standard InChI is InChI=1S/C28H26FN3O2/c29-23-11-13-25(14-12-23)34-20-28(33)31-17-15-24(16-18-31)32-27(22-9-5-2-6-10-22)19-26(30-32)21-7-3-1-4-8-21/h1-14,19,24H,15-18,20H2. The van der Waals surface area contributed by atoms with Crippen LogP contribution in [-0.2, 0) is 4.79 Å². The average Bonchev–Trinajstić information content (AvgIpc) is 3.35. The minimum atomic E-state index is -0.329. The maximum Gasteiger partial charge on any atom is 0.260 e. The maximum absolute atomic E-state index is 13.0. The smallest absolute Gasteiger partial charge is 0.260 e. The number of hydrogen-bond donors (Lipinski definition) is 0. The van der Waals surface area contributed by atoms with Gasteiger partial charge in [0.1, 0.15) is 11.6 Å². The molecule has 0 unspecified atom stereocenters. The van der Waals surface area contributed by atoms with Crippen LogP contribution in [0.5, 0.6) is 5.75 Å². The zero-order valence-corrected chi connectivity index (χ0v) is 18.8. The van der Waals surface area contributed by atoms with Crippen LogP contribution < -0.4 is 4.74 Å². The van der Waals surface area contributed by atoms with Crippen molar-refractivity contribution in [3.05, 3.63) is 96.8 Å². The molecule has 0 N–H and O–H groups in total. The van der Waals surface area contributed by atoms with Crippen molar-refractivity contribution in [3.63, 3.8) is 0 Å². The topological polar surface area (TPSA) is 47.4 Å². The third-order valence-electron chi connectivity index (χ3n) is 6.21. The van der Waals surface area contributed by atoms with Gasteiger partial charge in [-0.3, -0.25) is 9.48 Å². The Morgan fingerprint density at radius 3 is 2.15 bits per heavy atom. The van der Waals surface area contributed by atoms with Gasteiger partial charge < -0.3 is 9.64 Å². The Morgan fingerprint density at radius 1 is 0.882 bits per heavy atom. The predicted molar refractivity (Wildman–Crippen MR) is 130 cm³/mol. The van der Waals surface area contributed by atoms with E-state index in [1.165, 1.54) is 24.3 Å². The van der Waals surface area contributed by atoms with E-state index in [0.29, 0.717) is 18.8 Å². The number of hydrogen-bond acceptors (Lipinski definition) is 3. The van der Waals surface area contributed by atoms with E-state index in [-0.39, 0.29) is 24.4 Å². The Morgan fingerprint density at radius 2 is 1.50 bits per heavy atom. The van der Waals surface area contributed by atoms with Crippen LogP contribution in [0.1, 0.15) is 18.9 Å². The van der Waals surface area contributed by atoms with Crippen LogP contribution in [0, 0.1) is 5.82 Å². The van der Waals surface area contributed by atoms with Gasteiger partial charge in [-0.1, -0.05) is 60.7 Å². The summed E-state index contributed by atoms with van der Waals surface area (Å²) >= 11 is 0. The molecule has 0 atom stereocenters. The van der Waals surface area contributed by atoms with E-state index in [2.05, 4.69) is 35.0 Å². The highest BCUT2D eigenvalue weighted by Gasteiger charge is 2.27. The lowest BCUT2D eigenvalue weighted by Gasteiger charge is -2.32. The highest BCUT2D eigenvalue weighted by atomic mass is 19.1. The Hall–Kier alpha value is -3.93. The first-order valence-electron chi connectivity index (χ1n) is 11.5. The van der Waals surface area contributed by atoms with Crippen molar-refractivity contribution in [1.29, 1.82) is 0 Å². The molecule has 0 radical (unpaired) electrons. The molecule has 0 bridgehead atoms. The Kier molecular flexibility index (Phi) is 6.38. The Labute approximate surface area is 198 Å². The van der Waals surface area contributed by atoms with Crippen molar-refractivity contribution in [3.8, 4) is 28.3 Å². The number of carbonyl (C=O) groups excluding carboxylic acids is 1. The van der Waals surface area contributed by atoms with Crippen LogP contribution in [-0.4, -0.2) is 40.3 Å². The van der Waals surface area contributed by atoms with Crippen LogP contribution in [0.3, 0.4) is 0 Å². The van der Waals surface area contributed by atoms with Crippen molar-refractivity contribution in [2.45, 2.75) is 18.9 Å². The maximum atomic E-state index is 13.0. The van der Waals surface area contributed by atoms with Gasteiger partial charge in [-0.15, -0.1) is 0 Å². The molecule has 172 valence electrons. The summed E-state index contributed by atoms with van der Waals surface area (Å²) in [7, 11) is 0. The van der Waals surface area contributed by atoms with Gasteiger partial charge in [0.15, 0.2) is 6.61 Å². The summed E-state index contributed by atoms with van der Waals surface area (Å²) in [4.78, 5) is 14.5. The van der Waals surface area contributed by atoms with Gasteiger partial charge in [-0.25, -0.2) is 4.39 Å². The number of aromatic nitrogens is 2. The number of nitrogens with zero attached hydrogens (tertiary/aromatic N) is 3. The first kappa shape index (κ1) is 21.9. The normalized spacial score (nSPS) is 14.2. The van der Waals surface area contributed by atoms with Crippen LogP contribution >= 0.6 is 0 Å². The van der Waals surface area contributed by atoms with Gasteiger partial charge in [0, 0.05) is 18.7 Å². The molecule has 5 nitrogen and oxygen atoms in total. The molecule has 3 aromatic carbocycles. The average molecular weight is 456 g/mol. The monoisotopic (exact) mass is 455 g/mol. The molecule has 1 saturated heterocycles. The molecule has 0 saturated carbocycles. The lowest BCUT2D eigenvalue weighted by atomic mass is 10.0. The van der Waals surface area contributed by atoms with E-state index in [1.807, 2.05) is 41.3 Å². The minimum absolute atomic E-state index is 0.0501. The van der Waals surface area contributed by atoms with Crippen LogP contribution in [0.4, 0.5) is 4.39 Å². The molecular weight excluding hydrogens is 429 g/mol. The van der Waals surface area contributed by atoms with E-state index in [0.717, 1.165) is 35.4 Å². The van der Waals surface area contributed by atoms with E-state index < -0.39 is 0 Å². The van der Waals surface area contributed by atoms with Gasteiger partial charge in [0.2, 0.25) is 0 Å². The summed E-state index contributed by atoms with van der Waals surface area (Å²) in [6, 6.07) is 28.6. The van der Waals surface area contributed by atoms with Crippen molar-refractivity contribution < 1.29 is 13.9 Å². The minimum Gasteiger partial charge on any atom is -0.484 e. The second kappa shape index (κ2) is 9.91. The summed E-state index contributed by atoms with van der Waals surface area (Å²) in [5.74, 6) is 0.100. The summed E-state index contributed by atoms with van der Waals surface area (Å²) in [5.41, 5.74) is 4.25. The van der Waals surface area contributed by atoms with Crippen LogP contribution in [0.25, 0.3) is 22.5 Å². The number of rotatable bonds is 6. The van der Waals surface area contributed by atoms with Gasteiger partial charge in [0.05, 0.1) is 17.4 Å². The number of benzene rings is 3. The lowest BCUT2D eigenvalue weighted by Crippen LogP contribution is -2.41. The SMILES string of the molecule is O=C(COc1ccc(F)cc1)N1CCC(n2nc(-c3ccccc3)cc2-c2ccccc2)CC1. The van der Waals surface area contributed by atoms with E-state index in [1.54, 1.807) is 0 Å². The molecule has 1 aliphatic rings. The van der Waals surface area contributed by atoms with Crippen molar-refractivity contribution in [1.82, 2.24) is 14.7 Å². The number of amides is 1. The molecule has 6 heteroatoms. The highest BCUT2D eigenvalue weighted by molar-refractivity contribution is 5.78. The summed E-state index contributed by atoms with van der Waals surface area (Å²) in [6.45, 7) is 1.24. The van der Waals surface area contributed by atoms with Gasteiger partial charge >= 0.3 is 0 Å². The van der Waals surface area contributed by atoms with Crippen molar-refractivity contribution in [2.75, 3.05) is 19.7 Å². The predicted octanol–water partition coefficient (Wildman–Crippen LogP) is 5.60. The largest absolute Gasteiger partial charge is 0.484 e. The summed E-state index contributed by atoms with van der Waals surface area (Å²) in [5, 5.41) is 4.99. The van der Waals surface area contributed by atoms with Gasteiger partial charge in [0.25, 0.3) is 5.91 Å². The van der Waals surface area contributed by atoms with Crippen LogP contribution in [0.15, 0.2) is 91.0 Å². The van der Waals surface area contributed by atoms with Crippen LogP contribution in [0.2, 0.25) is 0 Å². The van der Waals surface area contributed by atoms with E-state index in [9.17, 15) is 9.18 Å². The number of piperidine rings is 1. The molecule has 5 rings (SSSR count). The fourth-order valence-corrected chi connectivity index (χ4v) is 4.37. The quantitative estimate of drug-likeness (QED) is 0.380. The molecule has 1 aliphatic heterocycles. The molecular formula is C28H26FN3O2. The zero-order valence-electron chi connectivity index (χ0n) is 18.8. The number of halogens is 1. The molecule has 1 amide bonds. The fraction of sp³-hybridized carbons (Fsp3) is 0.214. The van der Waals surface area contributed by atoms with Gasteiger partial charge in [-0.05, 0) is 48.7 Å². The molecule has 4 aromatic rings. The molecule has 1 aromatic heterocycles. The summed E-state index contributed by atoms with van der Waals surface area (Å²) < 4.78 is 20.7. The fourth-order valence-electron chi connectivity index (χ4n) is 4.37. The van der Waals surface area contributed by atoms with Crippen molar-refractivity contribution >= 4 is 5.91 Å². The van der Waals surface area contributed by atoms with Crippen molar-refractivity contribution in [2.24, 2.45) is 0 Å². The van der Waals surface area contributed by atoms with E-state index >= 15 is 0 Å². The first-order chi connectivity index (χ1) is 16.7. The third-order valence-corrected chi connectivity index (χ3v) is 6.21. The molecule has 0 aliphatic carbocycles. The molecule has 0 spiro atoms. The molecule has 34 heavy (non-hydrogen) atoms. The first-order valence-corrected chi connectivity index (χ1v) is 11.5. The molecule has 2 heterocycles. The summed E-state index contributed by atoms with van der Waals surface area (Å²) in [6.07, 6.45) is 1.63. The Balaban J connectivity index is 1.29. The number of carbonyl (C=O) groups is 1.